The van der Waals surface area contributed by atoms with E-state index in [1.165, 1.54) is 5.56 Å². The minimum absolute atomic E-state index is 0.0642. The monoisotopic (exact) mass is 344 g/mol. The lowest BCUT2D eigenvalue weighted by atomic mass is 9.87. The summed E-state index contributed by atoms with van der Waals surface area (Å²) in [6.07, 6.45) is 3.14. The van der Waals surface area contributed by atoms with Gasteiger partial charge in [-0.05, 0) is 42.0 Å². The Kier molecular flexibility index (Phi) is 6.37. The van der Waals surface area contributed by atoms with Crippen molar-refractivity contribution < 1.29 is 14.3 Å². The lowest BCUT2D eigenvalue weighted by Gasteiger charge is -2.27. The van der Waals surface area contributed by atoms with Crippen molar-refractivity contribution in [3.05, 3.63) is 47.0 Å². The number of nitrogens with zero attached hydrogens (tertiary/aromatic N) is 1. The fourth-order valence-corrected chi connectivity index (χ4v) is 2.76. The van der Waals surface area contributed by atoms with Crippen LogP contribution in [0.4, 0.5) is 0 Å². The molecule has 25 heavy (non-hydrogen) atoms. The van der Waals surface area contributed by atoms with Crippen LogP contribution in [0.1, 0.15) is 56.5 Å². The Morgan fingerprint density at radius 2 is 1.88 bits per heavy atom. The van der Waals surface area contributed by atoms with Crippen LogP contribution in [0.5, 0.6) is 0 Å². The molecule has 5 nitrogen and oxygen atoms in total. The van der Waals surface area contributed by atoms with Gasteiger partial charge in [0.25, 0.3) is 5.91 Å². The normalized spacial score (nSPS) is 15.4. The number of rotatable bonds is 5. The number of benzene rings is 1. The number of carbonyl (C=O) groups is 2. The molecule has 1 amide bonds. The number of hydrogen-bond donors (Lipinski definition) is 1. The summed E-state index contributed by atoms with van der Waals surface area (Å²) in [5, 5.41) is 1.86. The van der Waals surface area contributed by atoms with Crippen molar-refractivity contribution in [2.24, 2.45) is 0 Å². The SMILES string of the molecule is CCOC(=O)CC1=CCCN(NC(=O)c2ccc(C(C)(C)C)cc2)C1. The standard InChI is InChI=1S/C20H28N2O3/c1-5-25-18(23)13-15-7-6-12-22(14-15)21-19(24)16-8-10-17(11-9-16)20(2,3)4/h7-11H,5-6,12-14H2,1-4H3,(H,21,24). The summed E-state index contributed by atoms with van der Waals surface area (Å²) in [5.41, 5.74) is 5.80. The zero-order chi connectivity index (χ0) is 18.4. The first-order valence-electron chi connectivity index (χ1n) is 8.79. The molecule has 0 saturated carbocycles. The predicted octanol–water partition coefficient (Wildman–Crippen LogP) is 3.21. The zero-order valence-corrected chi connectivity index (χ0v) is 15.6. The molecule has 1 heterocycles. The highest BCUT2D eigenvalue weighted by atomic mass is 16.5. The van der Waals surface area contributed by atoms with Crippen LogP contribution in [0, 0.1) is 0 Å². The van der Waals surface area contributed by atoms with E-state index in [9.17, 15) is 9.59 Å². The molecule has 1 N–H and O–H groups in total. The van der Waals surface area contributed by atoms with Crippen LogP contribution < -0.4 is 5.43 Å². The highest BCUT2D eigenvalue weighted by Gasteiger charge is 2.19. The molecule has 0 atom stereocenters. The summed E-state index contributed by atoms with van der Waals surface area (Å²) in [6.45, 7) is 9.90. The van der Waals surface area contributed by atoms with E-state index in [4.69, 9.17) is 4.74 Å². The Bertz CT molecular complexity index is 642. The van der Waals surface area contributed by atoms with E-state index < -0.39 is 0 Å². The highest BCUT2D eigenvalue weighted by molar-refractivity contribution is 5.93. The van der Waals surface area contributed by atoms with E-state index in [2.05, 4.69) is 32.3 Å². The summed E-state index contributed by atoms with van der Waals surface area (Å²) in [4.78, 5) is 24.0. The molecule has 0 unspecified atom stereocenters. The molecule has 1 aromatic carbocycles. The average molecular weight is 344 g/mol. The van der Waals surface area contributed by atoms with Crippen LogP contribution in [-0.2, 0) is 14.9 Å². The molecule has 0 spiro atoms. The largest absolute Gasteiger partial charge is 0.466 e. The third-order valence-corrected chi connectivity index (χ3v) is 4.18. The first kappa shape index (κ1) is 19.2. The maximum Gasteiger partial charge on any atom is 0.309 e. The van der Waals surface area contributed by atoms with Crippen LogP contribution in [-0.4, -0.2) is 36.6 Å². The molecule has 1 aliphatic heterocycles. The van der Waals surface area contributed by atoms with Gasteiger partial charge in [-0.1, -0.05) is 39.0 Å². The first-order valence-corrected chi connectivity index (χ1v) is 8.79. The molecule has 2 rings (SSSR count). The van der Waals surface area contributed by atoms with Crippen molar-refractivity contribution in [3.8, 4) is 0 Å². The number of hydrogen-bond acceptors (Lipinski definition) is 4. The summed E-state index contributed by atoms with van der Waals surface area (Å²) < 4.78 is 4.98. The van der Waals surface area contributed by atoms with Crippen molar-refractivity contribution in [1.29, 1.82) is 0 Å². The van der Waals surface area contributed by atoms with Gasteiger partial charge in [0.1, 0.15) is 0 Å². The topological polar surface area (TPSA) is 58.6 Å². The molecule has 136 valence electrons. The number of carbonyl (C=O) groups excluding carboxylic acids is 2. The highest BCUT2D eigenvalue weighted by Crippen LogP contribution is 2.22. The Balaban J connectivity index is 1.92. The lowest BCUT2D eigenvalue weighted by Crippen LogP contribution is -2.45. The van der Waals surface area contributed by atoms with Crippen molar-refractivity contribution in [2.45, 2.75) is 46.0 Å². The third-order valence-electron chi connectivity index (χ3n) is 4.18. The smallest absolute Gasteiger partial charge is 0.309 e. The quantitative estimate of drug-likeness (QED) is 0.658. The van der Waals surface area contributed by atoms with Crippen LogP contribution in [0.25, 0.3) is 0 Å². The number of nitrogens with one attached hydrogen (secondary N) is 1. The van der Waals surface area contributed by atoms with E-state index in [1.54, 1.807) is 6.92 Å². The molecule has 0 aromatic heterocycles. The summed E-state index contributed by atoms with van der Waals surface area (Å²) in [6, 6.07) is 7.71. The lowest BCUT2D eigenvalue weighted by molar-refractivity contribution is -0.142. The molecular weight excluding hydrogens is 316 g/mol. The van der Waals surface area contributed by atoms with E-state index in [0.717, 1.165) is 18.5 Å². The average Bonchev–Trinajstić information content (AvgIpc) is 2.54. The third kappa shape index (κ3) is 5.71. The van der Waals surface area contributed by atoms with Crippen LogP contribution >= 0.6 is 0 Å². The summed E-state index contributed by atoms with van der Waals surface area (Å²) >= 11 is 0. The second-order valence-electron chi connectivity index (χ2n) is 7.32. The minimum Gasteiger partial charge on any atom is -0.466 e. The molecule has 0 fully saturated rings. The Hall–Kier alpha value is -2.14. The van der Waals surface area contributed by atoms with Gasteiger partial charge in [-0.3, -0.25) is 15.0 Å². The molecule has 0 bridgehead atoms. The van der Waals surface area contributed by atoms with Crippen molar-refractivity contribution in [2.75, 3.05) is 19.7 Å². The maximum absolute atomic E-state index is 12.4. The van der Waals surface area contributed by atoms with E-state index >= 15 is 0 Å². The molecule has 5 heteroatoms. The molecule has 0 radical (unpaired) electrons. The van der Waals surface area contributed by atoms with E-state index in [-0.39, 0.29) is 23.7 Å². The van der Waals surface area contributed by atoms with Gasteiger partial charge in [-0.25, -0.2) is 5.01 Å². The van der Waals surface area contributed by atoms with Crippen LogP contribution in [0.2, 0.25) is 0 Å². The van der Waals surface area contributed by atoms with Crippen molar-refractivity contribution >= 4 is 11.9 Å². The molecule has 0 saturated heterocycles. The Morgan fingerprint density at radius 3 is 2.48 bits per heavy atom. The van der Waals surface area contributed by atoms with Crippen molar-refractivity contribution in [3.63, 3.8) is 0 Å². The van der Waals surface area contributed by atoms with Crippen LogP contribution in [0.3, 0.4) is 0 Å². The van der Waals surface area contributed by atoms with Gasteiger partial charge < -0.3 is 4.74 Å². The Labute approximate surface area is 150 Å². The molecular formula is C20H28N2O3. The van der Waals surface area contributed by atoms with Gasteiger partial charge >= 0.3 is 5.97 Å². The van der Waals surface area contributed by atoms with E-state index in [1.807, 2.05) is 29.3 Å². The van der Waals surface area contributed by atoms with Gasteiger partial charge in [0.05, 0.1) is 13.0 Å². The first-order chi connectivity index (χ1) is 11.8. The summed E-state index contributed by atoms with van der Waals surface area (Å²) in [7, 11) is 0. The molecule has 1 aromatic rings. The second kappa shape index (κ2) is 8.30. The minimum atomic E-state index is -0.223. The molecule has 0 aliphatic carbocycles. The van der Waals surface area contributed by atoms with Crippen LogP contribution in [0.15, 0.2) is 35.9 Å². The number of esters is 1. The van der Waals surface area contributed by atoms with Gasteiger partial charge in [0.15, 0.2) is 0 Å². The van der Waals surface area contributed by atoms with Gasteiger partial charge in [0, 0.05) is 18.7 Å². The number of hydrazine groups is 1. The molecule has 1 aliphatic rings. The number of amides is 1. The fourth-order valence-electron chi connectivity index (χ4n) is 2.76. The Morgan fingerprint density at radius 1 is 1.20 bits per heavy atom. The number of ether oxygens (including phenoxy) is 1. The van der Waals surface area contributed by atoms with Crippen molar-refractivity contribution in [1.82, 2.24) is 10.4 Å². The van der Waals surface area contributed by atoms with E-state index in [0.29, 0.717) is 18.7 Å². The second-order valence-corrected chi connectivity index (χ2v) is 7.32. The van der Waals surface area contributed by atoms with Gasteiger partial charge in [0.2, 0.25) is 0 Å². The fraction of sp³-hybridized carbons (Fsp3) is 0.500. The summed E-state index contributed by atoms with van der Waals surface area (Å²) in [5.74, 6) is -0.350. The maximum atomic E-state index is 12.4. The predicted molar refractivity (Wildman–Crippen MR) is 98.1 cm³/mol. The van der Waals surface area contributed by atoms with Gasteiger partial charge in [-0.2, -0.15) is 0 Å². The van der Waals surface area contributed by atoms with Gasteiger partial charge in [-0.15, -0.1) is 0 Å². The zero-order valence-electron chi connectivity index (χ0n) is 15.6.